The molecule has 0 atom stereocenters. The Morgan fingerprint density at radius 3 is 2.54 bits per heavy atom. The van der Waals surface area contributed by atoms with Crippen LogP contribution in [0.3, 0.4) is 0 Å². The van der Waals surface area contributed by atoms with Gasteiger partial charge in [0.25, 0.3) is 0 Å². The molecule has 2 fully saturated rings. The first-order valence-corrected chi connectivity index (χ1v) is 9.20. The van der Waals surface area contributed by atoms with Crippen LogP contribution in [0.15, 0.2) is 18.2 Å². The largest absolute Gasteiger partial charge is 0.493 e. The molecule has 0 radical (unpaired) electrons. The first kappa shape index (κ1) is 18.4. The number of hydrogen-bond acceptors (Lipinski definition) is 4. The van der Waals surface area contributed by atoms with Crippen LogP contribution >= 0.6 is 0 Å². The van der Waals surface area contributed by atoms with Crippen LogP contribution in [0.5, 0.6) is 11.5 Å². The third-order valence-electron chi connectivity index (χ3n) is 5.08. The fourth-order valence-electron chi connectivity index (χ4n) is 3.66. The van der Waals surface area contributed by atoms with Crippen LogP contribution < -0.4 is 19.7 Å². The standard InChI is InChI=1S/C19H27N3O4/c1-25-16-9-8-15(12-17(16)26-2)22-11-10-21(19(22)24)13-18(23)20-14-6-4-3-5-7-14/h8-9,12,14H,3-7,10-11,13H2,1-2H3,(H,20,23). The fourth-order valence-corrected chi connectivity index (χ4v) is 3.66. The number of benzene rings is 1. The maximum Gasteiger partial charge on any atom is 0.325 e. The fraction of sp³-hybridized carbons (Fsp3) is 0.579. The zero-order valence-corrected chi connectivity index (χ0v) is 15.5. The summed E-state index contributed by atoms with van der Waals surface area (Å²) in [5.74, 6) is 1.12. The molecule has 1 N–H and O–H groups in total. The Morgan fingerprint density at radius 2 is 1.85 bits per heavy atom. The minimum absolute atomic E-state index is 0.0700. The molecule has 1 heterocycles. The summed E-state index contributed by atoms with van der Waals surface area (Å²) in [7, 11) is 3.14. The quantitative estimate of drug-likeness (QED) is 0.845. The lowest BCUT2D eigenvalue weighted by molar-refractivity contribution is -0.122. The Kier molecular flexibility index (Phi) is 5.85. The molecule has 1 aliphatic heterocycles. The van der Waals surface area contributed by atoms with Gasteiger partial charge in [-0.15, -0.1) is 0 Å². The summed E-state index contributed by atoms with van der Waals surface area (Å²) in [5, 5.41) is 3.07. The van der Waals surface area contributed by atoms with Crippen molar-refractivity contribution < 1.29 is 19.1 Å². The van der Waals surface area contributed by atoms with Gasteiger partial charge < -0.3 is 19.7 Å². The lowest BCUT2D eigenvalue weighted by Crippen LogP contribution is -2.44. The Bertz CT molecular complexity index is 658. The van der Waals surface area contributed by atoms with Crippen LogP contribution in [0.2, 0.25) is 0 Å². The summed E-state index contributed by atoms with van der Waals surface area (Å²) in [4.78, 5) is 28.2. The van der Waals surface area contributed by atoms with Crippen molar-refractivity contribution in [1.82, 2.24) is 10.2 Å². The zero-order valence-electron chi connectivity index (χ0n) is 15.5. The number of urea groups is 1. The van der Waals surface area contributed by atoms with Crippen molar-refractivity contribution in [2.24, 2.45) is 0 Å². The number of ether oxygens (including phenoxy) is 2. The van der Waals surface area contributed by atoms with Gasteiger partial charge >= 0.3 is 6.03 Å². The number of rotatable bonds is 6. The maximum absolute atomic E-state index is 12.7. The van der Waals surface area contributed by atoms with Gasteiger partial charge in [0.05, 0.1) is 14.2 Å². The van der Waals surface area contributed by atoms with Crippen molar-refractivity contribution in [3.8, 4) is 11.5 Å². The third kappa shape index (κ3) is 4.03. The molecule has 142 valence electrons. The van der Waals surface area contributed by atoms with Gasteiger partial charge in [0.2, 0.25) is 5.91 Å². The van der Waals surface area contributed by atoms with Crippen molar-refractivity contribution in [3.63, 3.8) is 0 Å². The minimum atomic E-state index is -0.156. The average Bonchev–Trinajstić information content (AvgIpc) is 3.02. The maximum atomic E-state index is 12.7. The number of nitrogens with one attached hydrogen (secondary N) is 1. The Morgan fingerprint density at radius 1 is 1.12 bits per heavy atom. The number of carbonyl (C=O) groups is 2. The molecule has 1 saturated carbocycles. The van der Waals surface area contributed by atoms with Crippen molar-refractivity contribution in [2.45, 2.75) is 38.1 Å². The SMILES string of the molecule is COc1ccc(N2CCN(CC(=O)NC3CCCCC3)C2=O)cc1OC. The Hall–Kier alpha value is -2.44. The van der Waals surface area contributed by atoms with E-state index >= 15 is 0 Å². The number of hydrogen-bond donors (Lipinski definition) is 1. The van der Waals surface area contributed by atoms with Gasteiger partial charge in [-0.05, 0) is 25.0 Å². The highest BCUT2D eigenvalue weighted by Crippen LogP contribution is 2.32. The topological polar surface area (TPSA) is 71.1 Å². The van der Waals surface area contributed by atoms with E-state index in [4.69, 9.17) is 9.47 Å². The van der Waals surface area contributed by atoms with Gasteiger partial charge in [0, 0.05) is 30.9 Å². The monoisotopic (exact) mass is 361 g/mol. The van der Waals surface area contributed by atoms with Crippen LogP contribution in [0.25, 0.3) is 0 Å². The Labute approximate surface area is 154 Å². The number of nitrogens with zero attached hydrogens (tertiary/aromatic N) is 2. The molecule has 7 heteroatoms. The molecule has 2 aliphatic rings. The highest BCUT2D eigenvalue weighted by Gasteiger charge is 2.31. The molecule has 26 heavy (non-hydrogen) atoms. The molecule has 1 saturated heterocycles. The molecular formula is C19H27N3O4. The second kappa shape index (κ2) is 8.29. The first-order valence-electron chi connectivity index (χ1n) is 9.20. The predicted octanol–water partition coefficient (Wildman–Crippen LogP) is 2.39. The molecule has 0 spiro atoms. The highest BCUT2D eigenvalue weighted by atomic mass is 16.5. The highest BCUT2D eigenvalue weighted by molar-refractivity contribution is 5.96. The molecule has 3 amide bonds. The molecule has 3 rings (SSSR count). The van der Waals surface area contributed by atoms with E-state index < -0.39 is 0 Å². The number of methoxy groups -OCH3 is 2. The van der Waals surface area contributed by atoms with E-state index in [1.54, 1.807) is 36.2 Å². The minimum Gasteiger partial charge on any atom is -0.493 e. The van der Waals surface area contributed by atoms with Crippen molar-refractivity contribution in [1.29, 1.82) is 0 Å². The summed E-state index contributed by atoms with van der Waals surface area (Å²) in [6.07, 6.45) is 5.66. The van der Waals surface area contributed by atoms with Crippen LogP contribution in [0.4, 0.5) is 10.5 Å². The van der Waals surface area contributed by atoms with Crippen LogP contribution in [0.1, 0.15) is 32.1 Å². The summed E-state index contributed by atoms with van der Waals surface area (Å²) in [6, 6.07) is 5.49. The van der Waals surface area contributed by atoms with E-state index in [1.807, 2.05) is 6.07 Å². The second-order valence-electron chi connectivity index (χ2n) is 6.80. The van der Waals surface area contributed by atoms with E-state index in [0.29, 0.717) is 24.6 Å². The molecular weight excluding hydrogens is 334 g/mol. The van der Waals surface area contributed by atoms with E-state index in [2.05, 4.69) is 5.32 Å². The summed E-state index contributed by atoms with van der Waals surface area (Å²) in [5.41, 5.74) is 0.739. The molecule has 0 bridgehead atoms. The van der Waals surface area contributed by atoms with Gasteiger partial charge in [-0.3, -0.25) is 9.69 Å². The van der Waals surface area contributed by atoms with Gasteiger partial charge in [0.1, 0.15) is 6.54 Å². The van der Waals surface area contributed by atoms with Gasteiger partial charge in [-0.2, -0.15) is 0 Å². The van der Waals surface area contributed by atoms with Crippen molar-refractivity contribution in [3.05, 3.63) is 18.2 Å². The van der Waals surface area contributed by atoms with E-state index in [1.165, 1.54) is 19.3 Å². The number of carbonyl (C=O) groups excluding carboxylic acids is 2. The lowest BCUT2D eigenvalue weighted by atomic mass is 9.95. The van der Waals surface area contributed by atoms with E-state index in [0.717, 1.165) is 18.5 Å². The zero-order chi connectivity index (χ0) is 18.5. The summed E-state index contributed by atoms with van der Waals surface area (Å²) in [6.45, 7) is 1.19. The van der Waals surface area contributed by atoms with Crippen molar-refractivity contribution in [2.75, 3.05) is 38.8 Å². The van der Waals surface area contributed by atoms with Gasteiger partial charge in [-0.1, -0.05) is 19.3 Å². The lowest BCUT2D eigenvalue weighted by Gasteiger charge is -2.24. The van der Waals surface area contributed by atoms with Gasteiger partial charge in [-0.25, -0.2) is 4.79 Å². The van der Waals surface area contributed by atoms with E-state index in [-0.39, 0.29) is 24.5 Å². The molecule has 0 unspecified atom stereocenters. The normalized spacial score (nSPS) is 18.2. The number of amides is 3. The van der Waals surface area contributed by atoms with Crippen LogP contribution in [-0.2, 0) is 4.79 Å². The summed E-state index contributed by atoms with van der Waals surface area (Å²) >= 11 is 0. The third-order valence-corrected chi connectivity index (χ3v) is 5.08. The van der Waals surface area contributed by atoms with Crippen LogP contribution in [-0.4, -0.2) is 56.7 Å². The molecule has 1 aliphatic carbocycles. The molecule has 1 aromatic rings. The predicted molar refractivity (Wildman–Crippen MR) is 98.9 cm³/mol. The average molecular weight is 361 g/mol. The number of anilines is 1. The molecule has 7 nitrogen and oxygen atoms in total. The van der Waals surface area contributed by atoms with Gasteiger partial charge in [0.15, 0.2) is 11.5 Å². The smallest absolute Gasteiger partial charge is 0.325 e. The van der Waals surface area contributed by atoms with Crippen molar-refractivity contribution >= 4 is 17.6 Å². The Balaban J connectivity index is 1.60. The summed E-state index contributed by atoms with van der Waals surface area (Å²) < 4.78 is 10.5. The van der Waals surface area contributed by atoms with Crippen LogP contribution in [0, 0.1) is 0 Å². The van der Waals surface area contributed by atoms with E-state index in [9.17, 15) is 9.59 Å². The second-order valence-corrected chi connectivity index (χ2v) is 6.80. The molecule has 1 aromatic carbocycles. The first-order chi connectivity index (χ1) is 12.6. The molecule has 0 aromatic heterocycles.